The van der Waals surface area contributed by atoms with Crippen molar-refractivity contribution in [1.29, 1.82) is 0 Å². The Kier molecular flexibility index (Phi) is 3.80. The van der Waals surface area contributed by atoms with E-state index in [2.05, 4.69) is 14.8 Å². The van der Waals surface area contributed by atoms with E-state index in [0.717, 1.165) is 0 Å². The summed E-state index contributed by atoms with van der Waals surface area (Å²) in [6.07, 6.45) is 0.427. The Bertz CT molecular complexity index is 652. The molecule has 6 nitrogen and oxygen atoms in total. The van der Waals surface area contributed by atoms with Crippen molar-refractivity contribution in [3.8, 4) is 5.69 Å². The number of nitrogens with zero attached hydrogens (tertiary/aromatic N) is 3. The van der Waals surface area contributed by atoms with E-state index in [1.165, 1.54) is 37.2 Å². The summed E-state index contributed by atoms with van der Waals surface area (Å²) >= 11 is 0. The molecule has 0 fully saturated rings. The zero-order valence-electron chi connectivity index (χ0n) is 11.3. The summed E-state index contributed by atoms with van der Waals surface area (Å²) in [5, 5.41) is 13.7. The molecule has 0 radical (unpaired) electrons. The number of aliphatic hydroxyl groups excluding tert-OH is 1. The highest BCUT2D eigenvalue weighted by Crippen LogP contribution is 2.24. The molecular formula is C13H14FN3O3. The molecule has 7 heteroatoms. The van der Waals surface area contributed by atoms with Gasteiger partial charge in [0.05, 0.1) is 18.9 Å². The first-order chi connectivity index (χ1) is 9.43. The van der Waals surface area contributed by atoms with Crippen molar-refractivity contribution < 1.29 is 19.0 Å². The highest BCUT2D eigenvalue weighted by Gasteiger charge is 2.17. The third-order valence-corrected chi connectivity index (χ3v) is 2.86. The molecule has 1 atom stereocenters. The average molecular weight is 279 g/mol. The first kappa shape index (κ1) is 14.1. The number of hydrogen-bond donors (Lipinski definition) is 1. The summed E-state index contributed by atoms with van der Waals surface area (Å²) in [7, 11) is 1.23. The Labute approximate surface area is 114 Å². The van der Waals surface area contributed by atoms with E-state index in [9.17, 15) is 14.3 Å². The Morgan fingerprint density at radius 3 is 2.80 bits per heavy atom. The van der Waals surface area contributed by atoms with Crippen molar-refractivity contribution >= 4 is 5.97 Å². The predicted molar refractivity (Wildman–Crippen MR) is 68.0 cm³/mol. The number of rotatable bonds is 3. The molecule has 0 unspecified atom stereocenters. The zero-order chi connectivity index (χ0) is 14.9. The standard InChI is InChI=1S/C13H14FN3O3/c1-7-4-11(9(8(2)18)5-10(7)14)17-6-15-12(16-17)13(19)20-3/h4-6,8,18H,1-3H3/t8-/m0/s1. The smallest absolute Gasteiger partial charge is 0.377 e. The molecule has 1 aromatic heterocycles. The van der Waals surface area contributed by atoms with E-state index >= 15 is 0 Å². The van der Waals surface area contributed by atoms with Crippen LogP contribution in [-0.4, -0.2) is 33.0 Å². The van der Waals surface area contributed by atoms with Gasteiger partial charge < -0.3 is 9.84 Å². The molecule has 106 valence electrons. The lowest BCUT2D eigenvalue weighted by Crippen LogP contribution is -2.08. The van der Waals surface area contributed by atoms with Crippen LogP contribution in [-0.2, 0) is 4.74 Å². The number of aliphatic hydroxyl groups is 1. The molecular weight excluding hydrogens is 265 g/mol. The Morgan fingerprint density at radius 1 is 1.50 bits per heavy atom. The average Bonchev–Trinajstić information content (AvgIpc) is 2.89. The van der Waals surface area contributed by atoms with E-state index in [1.54, 1.807) is 6.92 Å². The van der Waals surface area contributed by atoms with Crippen molar-refractivity contribution in [3.05, 3.63) is 41.2 Å². The molecule has 0 saturated heterocycles. The van der Waals surface area contributed by atoms with Gasteiger partial charge in [-0.1, -0.05) is 0 Å². The largest absolute Gasteiger partial charge is 0.463 e. The van der Waals surface area contributed by atoms with E-state index < -0.39 is 17.9 Å². The van der Waals surface area contributed by atoms with Crippen LogP contribution < -0.4 is 0 Å². The lowest BCUT2D eigenvalue weighted by atomic mass is 10.1. The lowest BCUT2D eigenvalue weighted by molar-refractivity contribution is 0.0587. The summed E-state index contributed by atoms with van der Waals surface area (Å²) in [6, 6.07) is 2.78. The molecule has 1 heterocycles. The van der Waals surface area contributed by atoms with Crippen LogP contribution in [0.4, 0.5) is 4.39 Å². The monoisotopic (exact) mass is 279 g/mol. The maximum atomic E-state index is 13.6. The Balaban J connectivity index is 2.54. The molecule has 0 amide bonds. The molecule has 0 spiro atoms. The third-order valence-electron chi connectivity index (χ3n) is 2.86. The molecule has 0 aliphatic heterocycles. The number of hydrogen-bond acceptors (Lipinski definition) is 5. The minimum Gasteiger partial charge on any atom is -0.463 e. The van der Waals surface area contributed by atoms with Crippen molar-refractivity contribution in [1.82, 2.24) is 14.8 Å². The topological polar surface area (TPSA) is 77.2 Å². The molecule has 2 aromatic rings. The minimum absolute atomic E-state index is 0.106. The van der Waals surface area contributed by atoms with Crippen LogP contribution in [0.15, 0.2) is 18.5 Å². The zero-order valence-corrected chi connectivity index (χ0v) is 11.3. The number of carbonyl (C=O) groups is 1. The van der Waals surface area contributed by atoms with E-state index in [4.69, 9.17) is 0 Å². The molecule has 2 rings (SSSR count). The number of halogens is 1. The second-order valence-corrected chi connectivity index (χ2v) is 4.34. The fourth-order valence-corrected chi connectivity index (χ4v) is 1.78. The number of benzene rings is 1. The van der Waals surface area contributed by atoms with Gasteiger partial charge in [-0.15, -0.1) is 5.10 Å². The second kappa shape index (κ2) is 5.38. The van der Waals surface area contributed by atoms with E-state index in [-0.39, 0.29) is 5.82 Å². The van der Waals surface area contributed by atoms with Gasteiger partial charge in [-0.3, -0.25) is 0 Å². The number of aromatic nitrogens is 3. The van der Waals surface area contributed by atoms with Crippen LogP contribution in [0.5, 0.6) is 0 Å². The number of carbonyl (C=O) groups excluding carboxylic acids is 1. The van der Waals surface area contributed by atoms with Crippen molar-refractivity contribution in [2.75, 3.05) is 7.11 Å². The summed E-state index contributed by atoms with van der Waals surface area (Å²) < 4.78 is 19.4. The summed E-state index contributed by atoms with van der Waals surface area (Å²) in [4.78, 5) is 15.1. The van der Waals surface area contributed by atoms with Crippen LogP contribution in [0.3, 0.4) is 0 Å². The Morgan fingerprint density at radius 2 is 2.20 bits per heavy atom. The molecule has 1 N–H and O–H groups in total. The fourth-order valence-electron chi connectivity index (χ4n) is 1.78. The Hall–Kier alpha value is -2.28. The summed E-state index contributed by atoms with van der Waals surface area (Å²) in [5.41, 5.74) is 1.22. The summed E-state index contributed by atoms with van der Waals surface area (Å²) in [6.45, 7) is 3.12. The molecule has 0 aliphatic rings. The molecule has 0 saturated carbocycles. The van der Waals surface area contributed by atoms with Crippen LogP contribution in [0.2, 0.25) is 0 Å². The first-order valence-corrected chi connectivity index (χ1v) is 5.92. The predicted octanol–water partition coefficient (Wildman–Crippen LogP) is 1.55. The molecule has 20 heavy (non-hydrogen) atoms. The van der Waals surface area contributed by atoms with Gasteiger partial charge in [0.2, 0.25) is 0 Å². The number of esters is 1. The van der Waals surface area contributed by atoms with Crippen LogP contribution in [0, 0.1) is 12.7 Å². The lowest BCUT2D eigenvalue weighted by Gasteiger charge is -2.13. The number of methoxy groups -OCH3 is 1. The van der Waals surface area contributed by atoms with Crippen LogP contribution >= 0.6 is 0 Å². The summed E-state index contributed by atoms with van der Waals surface area (Å²) in [5.74, 6) is -1.19. The van der Waals surface area contributed by atoms with Gasteiger partial charge in [0.25, 0.3) is 5.82 Å². The maximum absolute atomic E-state index is 13.6. The van der Waals surface area contributed by atoms with E-state index in [0.29, 0.717) is 16.8 Å². The van der Waals surface area contributed by atoms with Gasteiger partial charge in [-0.25, -0.2) is 18.9 Å². The highest BCUT2D eigenvalue weighted by atomic mass is 19.1. The molecule has 1 aromatic carbocycles. The van der Waals surface area contributed by atoms with Gasteiger partial charge in [-0.05, 0) is 31.5 Å². The minimum atomic E-state index is -0.883. The molecule has 0 bridgehead atoms. The van der Waals surface area contributed by atoms with Crippen LogP contribution in [0.1, 0.15) is 34.8 Å². The van der Waals surface area contributed by atoms with Gasteiger partial charge in [0.15, 0.2) is 0 Å². The quantitative estimate of drug-likeness (QED) is 0.863. The highest BCUT2D eigenvalue weighted by molar-refractivity contribution is 5.84. The molecule has 0 aliphatic carbocycles. The number of aryl methyl sites for hydroxylation is 1. The van der Waals surface area contributed by atoms with Crippen molar-refractivity contribution in [2.24, 2.45) is 0 Å². The van der Waals surface area contributed by atoms with Gasteiger partial charge in [0.1, 0.15) is 12.1 Å². The van der Waals surface area contributed by atoms with Gasteiger partial charge in [-0.2, -0.15) is 0 Å². The van der Waals surface area contributed by atoms with Gasteiger partial charge >= 0.3 is 5.97 Å². The first-order valence-electron chi connectivity index (χ1n) is 5.92. The second-order valence-electron chi connectivity index (χ2n) is 4.34. The van der Waals surface area contributed by atoms with Gasteiger partial charge in [0, 0.05) is 5.56 Å². The normalized spacial score (nSPS) is 12.2. The SMILES string of the molecule is COC(=O)c1ncn(-c2cc(C)c(F)cc2[C@H](C)O)n1. The van der Waals surface area contributed by atoms with E-state index in [1.807, 2.05) is 0 Å². The maximum Gasteiger partial charge on any atom is 0.377 e. The van der Waals surface area contributed by atoms with Crippen LogP contribution in [0.25, 0.3) is 5.69 Å². The third kappa shape index (κ3) is 2.53. The fraction of sp³-hybridized carbons (Fsp3) is 0.308. The van der Waals surface area contributed by atoms with Crippen molar-refractivity contribution in [3.63, 3.8) is 0 Å². The number of ether oxygens (including phenoxy) is 1. The van der Waals surface area contributed by atoms with Crippen molar-refractivity contribution in [2.45, 2.75) is 20.0 Å².